The van der Waals surface area contributed by atoms with E-state index in [0.29, 0.717) is 18.2 Å². The molecule has 0 fully saturated rings. The number of aromatic nitrogens is 2. The van der Waals surface area contributed by atoms with E-state index in [9.17, 15) is 4.79 Å². The second-order valence-corrected chi connectivity index (χ2v) is 5.91. The molecule has 2 aromatic heterocycles. The monoisotopic (exact) mass is 386 g/mol. The van der Waals surface area contributed by atoms with Gasteiger partial charge in [0, 0.05) is 4.47 Å². The van der Waals surface area contributed by atoms with Gasteiger partial charge in [-0.05, 0) is 35.9 Å². The third-order valence-electron chi connectivity index (χ3n) is 3.26. The number of carbonyl (C=O) groups is 1. The van der Waals surface area contributed by atoms with Crippen LogP contribution >= 0.6 is 15.9 Å². The van der Waals surface area contributed by atoms with E-state index >= 15 is 0 Å². The lowest BCUT2D eigenvalue weighted by atomic mass is 10.1. The quantitative estimate of drug-likeness (QED) is 0.675. The van der Waals surface area contributed by atoms with Gasteiger partial charge in [-0.25, -0.2) is 0 Å². The number of halogens is 1. The van der Waals surface area contributed by atoms with Crippen LogP contribution in [0, 0.1) is 0 Å². The van der Waals surface area contributed by atoms with Crippen LogP contribution in [-0.2, 0) is 17.8 Å². The average Bonchev–Trinajstić information content (AvgIpc) is 3.10. The van der Waals surface area contributed by atoms with Crippen LogP contribution in [0.15, 0.2) is 63.7 Å². The van der Waals surface area contributed by atoms with Crippen LogP contribution in [0.2, 0.25) is 0 Å². The fourth-order valence-corrected chi connectivity index (χ4v) is 2.51. The molecule has 0 saturated carbocycles. The van der Waals surface area contributed by atoms with Crippen molar-refractivity contribution in [1.82, 2.24) is 10.2 Å². The number of benzene rings is 1. The van der Waals surface area contributed by atoms with Gasteiger partial charge in [-0.1, -0.05) is 34.1 Å². The van der Waals surface area contributed by atoms with Gasteiger partial charge in [0.05, 0.1) is 19.2 Å². The van der Waals surface area contributed by atoms with Gasteiger partial charge in [0.2, 0.25) is 5.91 Å². The topological polar surface area (TPSA) is 80.0 Å². The predicted octanol–water partition coefficient (Wildman–Crippen LogP) is 3.63. The van der Waals surface area contributed by atoms with Crippen LogP contribution in [0.1, 0.15) is 11.3 Å². The Bertz CT molecular complexity index is 804. The summed E-state index contributed by atoms with van der Waals surface area (Å²) in [6.45, 7) is 0.523. The minimum absolute atomic E-state index is 0.146. The van der Waals surface area contributed by atoms with E-state index < -0.39 is 0 Å². The van der Waals surface area contributed by atoms with Crippen LogP contribution in [0.4, 0.5) is 11.6 Å². The minimum Gasteiger partial charge on any atom is -0.467 e. The molecule has 3 rings (SSSR count). The molecule has 6 nitrogen and oxygen atoms in total. The van der Waals surface area contributed by atoms with Crippen molar-refractivity contribution in [2.45, 2.75) is 13.0 Å². The van der Waals surface area contributed by atoms with Crippen molar-refractivity contribution in [3.8, 4) is 0 Å². The Morgan fingerprint density at radius 3 is 2.54 bits per heavy atom. The number of rotatable bonds is 6. The number of hydrogen-bond donors (Lipinski definition) is 2. The zero-order valence-electron chi connectivity index (χ0n) is 12.7. The largest absolute Gasteiger partial charge is 0.467 e. The molecule has 1 aromatic carbocycles. The smallest absolute Gasteiger partial charge is 0.230 e. The molecule has 0 aliphatic heterocycles. The molecular weight excluding hydrogens is 372 g/mol. The van der Waals surface area contributed by atoms with E-state index in [1.807, 2.05) is 36.4 Å². The van der Waals surface area contributed by atoms with Gasteiger partial charge in [-0.15, -0.1) is 10.2 Å². The number of nitrogens with zero attached hydrogens (tertiary/aromatic N) is 2. The Kier molecular flexibility index (Phi) is 5.22. The summed E-state index contributed by atoms with van der Waals surface area (Å²) in [5.41, 5.74) is 0.916. The summed E-state index contributed by atoms with van der Waals surface area (Å²) >= 11 is 3.43. The van der Waals surface area contributed by atoms with Crippen LogP contribution in [0.5, 0.6) is 0 Å². The van der Waals surface area contributed by atoms with E-state index in [2.05, 4.69) is 36.8 Å². The summed E-state index contributed by atoms with van der Waals surface area (Å²) in [6.07, 6.45) is 1.88. The molecular formula is C17H15BrN4O2. The second kappa shape index (κ2) is 7.74. The summed E-state index contributed by atoms with van der Waals surface area (Å²) in [6, 6.07) is 14.8. The van der Waals surface area contributed by atoms with Crippen molar-refractivity contribution in [1.29, 1.82) is 0 Å². The molecule has 0 unspecified atom stereocenters. The van der Waals surface area contributed by atoms with E-state index in [1.165, 1.54) is 0 Å². The van der Waals surface area contributed by atoms with Crippen molar-refractivity contribution in [3.05, 3.63) is 70.6 Å². The highest BCUT2D eigenvalue weighted by molar-refractivity contribution is 9.10. The number of amides is 1. The Morgan fingerprint density at radius 2 is 1.83 bits per heavy atom. The Hall–Kier alpha value is -2.67. The molecule has 0 aliphatic rings. The molecule has 2 N–H and O–H groups in total. The maximum absolute atomic E-state index is 12.1. The average molecular weight is 387 g/mol. The molecule has 1 amide bonds. The van der Waals surface area contributed by atoms with Gasteiger partial charge in [-0.3, -0.25) is 4.79 Å². The number of nitrogens with one attached hydrogen (secondary N) is 2. The number of furan rings is 1. The maximum atomic E-state index is 12.1. The lowest BCUT2D eigenvalue weighted by molar-refractivity contribution is -0.115. The molecule has 0 aliphatic carbocycles. The molecule has 0 atom stereocenters. The van der Waals surface area contributed by atoms with Gasteiger partial charge in [-0.2, -0.15) is 0 Å². The standard InChI is InChI=1S/C17H15BrN4O2/c18-14-6-2-1-4-12(14)10-17(23)20-16-8-7-15(21-22-16)19-11-13-5-3-9-24-13/h1-9H,10-11H2,(H,19,21)(H,20,22,23). The van der Waals surface area contributed by atoms with Gasteiger partial charge < -0.3 is 15.1 Å². The maximum Gasteiger partial charge on any atom is 0.230 e. The summed E-state index contributed by atoms with van der Waals surface area (Å²) < 4.78 is 6.13. The molecule has 24 heavy (non-hydrogen) atoms. The van der Waals surface area contributed by atoms with Gasteiger partial charge >= 0.3 is 0 Å². The Balaban J connectivity index is 1.54. The van der Waals surface area contributed by atoms with Gasteiger partial charge in [0.1, 0.15) is 11.6 Å². The Labute approximate surface area is 147 Å². The number of carbonyl (C=O) groups excluding carboxylic acids is 1. The summed E-state index contributed by atoms with van der Waals surface area (Å²) in [5.74, 6) is 1.68. The number of hydrogen-bond acceptors (Lipinski definition) is 5. The number of anilines is 2. The molecule has 0 bridgehead atoms. The predicted molar refractivity (Wildman–Crippen MR) is 94.5 cm³/mol. The third kappa shape index (κ3) is 4.42. The molecule has 0 spiro atoms. The molecule has 0 saturated heterocycles. The van der Waals surface area contributed by atoms with Crippen LogP contribution in [-0.4, -0.2) is 16.1 Å². The first-order valence-corrected chi connectivity index (χ1v) is 8.13. The van der Waals surface area contributed by atoms with Crippen molar-refractivity contribution in [3.63, 3.8) is 0 Å². The van der Waals surface area contributed by atoms with Crippen LogP contribution in [0.25, 0.3) is 0 Å². The third-order valence-corrected chi connectivity index (χ3v) is 4.04. The zero-order valence-corrected chi connectivity index (χ0v) is 14.3. The lowest BCUT2D eigenvalue weighted by Gasteiger charge is -2.07. The normalized spacial score (nSPS) is 10.4. The van der Waals surface area contributed by atoms with E-state index in [1.54, 1.807) is 18.4 Å². The first-order chi connectivity index (χ1) is 11.7. The first kappa shape index (κ1) is 16.2. The van der Waals surface area contributed by atoms with Crippen LogP contribution in [0.3, 0.4) is 0 Å². The van der Waals surface area contributed by atoms with E-state index in [4.69, 9.17) is 4.42 Å². The van der Waals surface area contributed by atoms with Gasteiger partial charge in [0.25, 0.3) is 0 Å². The Morgan fingerprint density at radius 1 is 1.04 bits per heavy atom. The first-order valence-electron chi connectivity index (χ1n) is 7.34. The molecule has 122 valence electrons. The second-order valence-electron chi connectivity index (χ2n) is 5.05. The zero-order chi connectivity index (χ0) is 16.8. The SMILES string of the molecule is O=C(Cc1ccccc1Br)Nc1ccc(NCc2ccco2)nn1. The molecule has 2 heterocycles. The highest BCUT2D eigenvalue weighted by Crippen LogP contribution is 2.17. The van der Waals surface area contributed by atoms with E-state index in [0.717, 1.165) is 15.8 Å². The van der Waals surface area contributed by atoms with Crippen molar-refractivity contribution in [2.24, 2.45) is 0 Å². The van der Waals surface area contributed by atoms with Crippen molar-refractivity contribution < 1.29 is 9.21 Å². The molecule has 0 radical (unpaired) electrons. The highest BCUT2D eigenvalue weighted by Gasteiger charge is 2.08. The van der Waals surface area contributed by atoms with Crippen molar-refractivity contribution >= 4 is 33.5 Å². The summed E-state index contributed by atoms with van der Waals surface area (Å²) in [7, 11) is 0. The fraction of sp³-hybridized carbons (Fsp3) is 0.118. The van der Waals surface area contributed by atoms with Crippen LogP contribution < -0.4 is 10.6 Å². The highest BCUT2D eigenvalue weighted by atomic mass is 79.9. The summed E-state index contributed by atoms with van der Waals surface area (Å²) in [4.78, 5) is 12.1. The summed E-state index contributed by atoms with van der Waals surface area (Å²) in [5, 5.41) is 13.8. The fourth-order valence-electron chi connectivity index (χ4n) is 2.09. The molecule has 3 aromatic rings. The molecule has 7 heteroatoms. The van der Waals surface area contributed by atoms with Gasteiger partial charge in [0.15, 0.2) is 5.82 Å². The lowest BCUT2D eigenvalue weighted by Crippen LogP contribution is -2.16. The van der Waals surface area contributed by atoms with Crippen molar-refractivity contribution in [2.75, 3.05) is 10.6 Å². The van der Waals surface area contributed by atoms with E-state index in [-0.39, 0.29) is 12.3 Å². The minimum atomic E-state index is -0.146.